The molecule has 2 aliphatic heterocycles. The monoisotopic (exact) mass is 446 g/mol. The molecule has 1 N–H and O–H groups in total. The van der Waals surface area contributed by atoms with E-state index in [4.69, 9.17) is 0 Å². The smallest absolute Gasteiger partial charge is 0.290 e. The van der Waals surface area contributed by atoms with E-state index in [1.54, 1.807) is 17.2 Å². The molecule has 1 aromatic carbocycles. The van der Waals surface area contributed by atoms with E-state index in [1.165, 1.54) is 19.3 Å². The summed E-state index contributed by atoms with van der Waals surface area (Å²) in [5, 5.41) is 3.04. The maximum absolute atomic E-state index is 13.1. The Hall–Kier alpha value is -3.26. The number of nitrogens with one attached hydrogen (secondary N) is 1. The predicted molar refractivity (Wildman–Crippen MR) is 126 cm³/mol. The lowest BCUT2D eigenvalue weighted by Gasteiger charge is -2.33. The molecule has 3 aromatic rings. The van der Waals surface area contributed by atoms with Crippen molar-refractivity contribution in [3.05, 3.63) is 59.7 Å². The third-order valence-electron chi connectivity index (χ3n) is 6.79. The molecule has 8 nitrogen and oxygen atoms in total. The number of imidazole rings is 1. The number of piperidine rings is 1. The first-order valence-corrected chi connectivity index (χ1v) is 11.8. The third-order valence-corrected chi connectivity index (χ3v) is 6.79. The van der Waals surface area contributed by atoms with Crippen molar-refractivity contribution in [2.24, 2.45) is 0 Å². The number of hydrogen-bond donors (Lipinski definition) is 1. The number of amides is 2. The minimum absolute atomic E-state index is 0.101. The number of rotatable bonds is 6. The van der Waals surface area contributed by atoms with Crippen LogP contribution < -0.4 is 5.32 Å². The van der Waals surface area contributed by atoms with Gasteiger partial charge in [-0.3, -0.25) is 19.5 Å². The van der Waals surface area contributed by atoms with Crippen LogP contribution in [0.5, 0.6) is 0 Å². The largest absolute Gasteiger partial charge is 0.351 e. The van der Waals surface area contributed by atoms with Crippen molar-refractivity contribution in [3.63, 3.8) is 0 Å². The molecule has 0 saturated carbocycles. The molecule has 0 aliphatic carbocycles. The van der Waals surface area contributed by atoms with Crippen LogP contribution in [-0.4, -0.2) is 68.4 Å². The summed E-state index contributed by atoms with van der Waals surface area (Å²) in [7, 11) is 0. The van der Waals surface area contributed by atoms with Crippen LogP contribution in [0.4, 0.5) is 0 Å². The molecule has 33 heavy (non-hydrogen) atoms. The molecule has 5 rings (SSSR count). The molecule has 0 unspecified atom stereocenters. The number of fused-ring (bicyclic) bond motifs is 3. The van der Waals surface area contributed by atoms with E-state index in [1.807, 2.05) is 34.9 Å². The van der Waals surface area contributed by atoms with Crippen molar-refractivity contribution in [2.75, 3.05) is 26.2 Å². The molecule has 0 spiro atoms. The van der Waals surface area contributed by atoms with Crippen molar-refractivity contribution >= 4 is 22.8 Å². The van der Waals surface area contributed by atoms with Crippen LogP contribution in [0.1, 0.15) is 52.9 Å². The third kappa shape index (κ3) is 4.48. The second-order valence-electron chi connectivity index (χ2n) is 8.97. The van der Waals surface area contributed by atoms with Crippen LogP contribution in [0.25, 0.3) is 11.0 Å². The van der Waals surface area contributed by atoms with Gasteiger partial charge in [0.1, 0.15) is 0 Å². The Morgan fingerprint density at radius 1 is 1.15 bits per heavy atom. The number of pyridine rings is 1. The van der Waals surface area contributed by atoms with Gasteiger partial charge < -0.3 is 14.8 Å². The Morgan fingerprint density at radius 3 is 2.88 bits per heavy atom. The summed E-state index contributed by atoms with van der Waals surface area (Å²) < 4.78 is 1.95. The summed E-state index contributed by atoms with van der Waals surface area (Å²) in [6.45, 7) is 6.60. The van der Waals surface area contributed by atoms with Crippen LogP contribution in [0, 0.1) is 0 Å². The lowest BCUT2D eigenvalue weighted by atomic mass is 10.0. The average molecular weight is 447 g/mol. The fraction of sp³-hybridized carbons (Fsp3) is 0.440. The normalized spacial score (nSPS) is 19.0. The van der Waals surface area contributed by atoms with E-state index in [0.717, 1.165) is 24.3 Å². The van der Waals surface area contributed by atoms with Gasteiger partial charge in [0.2, 0.25) is 0 Å². The Labute approximate surface area is 193 Å². The van der Waals surface area contributed by atoms with Crippen molar-refractivity contribution in [2.45, 2.75) is 45.3 Å². The highest BCUT2D eigenvalue weighted by molar-refractivity contribution is 6.00. The van der Waals surface area contributed by atoms with Gasteiger partial charge in [0.25, 0.3) is 11.8 Å². The average Bonchev–Trinajstić information content (AvgIpc) is 3.21. The summed E-state index contributed by atoms with van der Waals surface area (Å²) in [5.41, 5.74) is 2.99. The number of likely N-dealkylation sites (tertiary alicyclic amines) is 1. The van der Waals surface area contributed by atoms with Crippen LogP contribution >= 0.6 is 0 Å². The SMILES string of the molecule is C[C@@H]1CCCCN1CCNC(=O)c1ccc2c(c1)nc1n2CCN(Cc2ccccn2)C1=O. The summed E-state index contributed by atoms with van der Waals surface area (Å²) >= 11 is 0. The van der Waals surface area contributed by atoms with Gasteiger partial charge >= 0.3 is 0 Å². The summed E-state index contributed by atoms with van der Waals surface area (Å²) in [6, 6.07) is 11.8. The van der Waals surface area contributed by atoms with E-state index < -0.39 is 0 Å². The highest BCUT2D eigenvalue weighted by Gasteiger charge is 2.28. The summed E-state index contributed by atoms with van der Waals surface area (Å²) in [6.07, 6.45) is 5.49. The van der Waals surface area contributed by atoms with E-state index in [9.17, 15) is 9.59 Å². The number of nitrogens with zero attached hydrogens (tertiary/aromatic N) is 5. The Balaban J connectivity index is 1.26. The van der Waals surface area contributed by atoms with Gasteiger partial charge in [-0.15, -0.1) is 0 Å². The molecule has 4 heterocycles. The Kier molecular flexibility index (Phi) is 6.09. The minimum atomic E-state index is -0.107. The Bertz CT molecular complexity index is 1160. The molecule has 2 aromatic heterocycles. The van der Waals surface area contributed by atoms with E-state index >= 15 is 0 Å². The quantitative estimate of drug-likeness (QED) is 0.630. The molecule has 172 valence electrons. The van der Waals surface area contributed by atoms with Gasteiger partial charge in [-0.25, -0.2) is 4.98 Å². The predicted octanol–water partition coefficient (Wildman–Crippen LogP) is 2.69. The standard InChI is InChI=1S/C25H30N6O2/c1-18-6-3-5-12-29(18)13-11-27-24(32)19-8-9-22-21(16-19)28-23-25(33)30(14-15-31(22)23)17-20-7-2-4-10-26-20/h2,4,7-10,16,18H,3,5-6,11-15,17H2,1H3,(H,27,32)/t18-/m1/s1. The molecule has 2 aliphatic rings. The lowest BCUT2D eigenvalue weighted by Crippen LogP contribution is -2.42. The first-order chi connectivity index (χ1) is 16.1. The zero-order chi connectivity index (χ0) is 22.8. The topological polar surface area (TPSA) is 83.4 Å². The molecule has 1 atom stereocenters. The number of carbonyl (C=O) groups is 2. The molecule has 1 saturated heterocycles. The van der Waals surface area contributed by atoms with E-state index in [0.29, 0.717) is 49.1 Å². The number of benzene rings is 1. The maximum Gasteiger partial charge on any atom is 0.290 e. The van der Waals surface area contributed by atoms with Gasteiger partial charge in [0, 0.05) is 44.0 Å². The van der Waals surface area contributed by atoms with Crippen molar-refractivity contribution < 1.29 is 9.59 Å². The molecule has 8 heteroatoms. The zero-order valence-corrected chi connectivity index (χ0v) is 19.0. The highest BCUT2D eigenvalue weighted by Crippen LogP contribution is 2.23. The van der Waals surface area contributed by atoms with E-state index in [-0.39, 0.29) is 11.8 Å². The molecule has 2 amide bonds. The van der Waals surface area contributed by atoms with Crippen LogP contribution in [0.15, 0.2) is 42.6 Å². The second kappa shape index (κ2) is 9.31. The minimum Gasteiger partial charge on any atom is -0.351 e. The van der Waals surface area contributed by atoms with Crippen LogP contribution in [-0.2, 0) is 13.1 Å². The summed E-state index contributed by atoms with van der Waals surface area (Å²) in [4.78, 5) is 38.9. The zero-order valence-electron chi connectivity index (χ0n) is 19.0. The highest BCUT2D eigenvalue weighted by atomic mass is 16.2. The number of carbonyl (C=O) groups excluding carboxylic acids is 2. The van der Waals surface area contributed by atoms with Gasteiger partial charge in [0.15, 0.2) is 5.82 Å². The first kappa shape index (κ1) is 21.6. The van der Waals surface area contributed by atoms with Crippen LogP contribution in [0.2, 0.25) is 0 Å². The molecular weight excluding hydrogens is 416 g/mol. The first-order valence-electron chi connectivity index (χ1n) is 11.8. The molecule has 0 radical (unpaired) electrons. The van der Waals surface area contributed by atoms with Gasteiger partial charge in [-0.05, 0) is 56.6 Å². The molecular formula is C25H30N6O2. The number of hydrogen-bond acceptors (Lipinski definition) is 5. The maximum atomic E-state index is 13.1. The van der Waals surface area contributed by atoms with Crippen molar-refractivity contribution in [1.82, 2.24) is 29.7 Å². The second-order valence-corrected chi connectivity index (χ2v) is 8.97. The fourth-order valence-corrected chi connectivity index (χ4v) is 4.87. The Morgan fingerprint density at radius 2 is 2.06 bits per heavy atom. The van der Waals surface area contributed by atoms with Gasteiger partial charge in [-0.1, -0.05) is 12.5 Å². The number of aromatic nitrogens is 3. The molecule has 1 fully saturated rings. The van der Waals surface area contributed by atoms with E-state index in [2.05, 4.69) is 27.1 Å². The van der Waals surface area contributed by atoms with Gasteiger partial charge in [0.05, 0.1) is 23.3 Å². The summed E-state index contributed by atoms with van der Waals surface area (Å²) in [5.74, 6) is 0.212. The van der Waals surface area contributed by atoms with Crippen LogP contribution in [0.3, 0.4) is 0 Å². The van der Waals surface area contributed by atoms with Crippen molar-refractivity contribution in [1.29, 1.82) is 0 Å². The van der Waals surface area contributed by atoms with Crippen molar-refractivity contribution in [3.8, 4) is 0 Å². The lowest BCUT2D eigenvalue weighted by molar-refractivity contribution is 0.0682. The molecule has 0 bridgehead atoms. The fourth-order valence-electron chi connectivity index (χ4n) is 4.87. The van der Waals surface area contributed by atoms with Gasteiger partial charge in [-0.2, -0.15) is 0 Å².